The van der Waals surface area contributed by atoms with E-state index >= 15 is 0 Å². The number of nitrogens with one attached hydrogen (secondary N) is 1. The van der Waals surface area contributed by atoms with Crippen LogP contribution in [0, 0.1) is 0 Å². The Morgan fingerprint density at radius 1 is 1.15 bits per heavy atom. The van der Waals surface area contributed by atoms with Crippen LogP contribution < -0.4 is 5.32 Å². The van der Waals surface area contributed by atoms with Crippen LogP contribution in [-0.2, 0) is 9.84 Å². The molecule has 1 aromatic rings. The second-order valence-corrected chi connectivity index (χ2v) is 8.60. The summed E-state index contributed by atoms with van der Waals surface area (Å²) in [6, 6.07) is 8.89. The Kier molecular flexibility index (Phi) is 3.87. The van der Waals surface area contributed by atoms with Crippen LogP contribution in [0.4, 0.5) is 0 Å². The molecule has 0 bridgehead atoms. The van der Waals surface area contributed by atoms with Crippen molar-refractivity contribution in [2.24, 2.45) is 0 Å². The van der Waals surface area contributed by atoms with Crippen molar-refractivity contribution < 1.29 is 8.42 Å². The normalized spacial score (nSPS) is 31.9. The molecule has 2 aliphatic rings. The SMILES string of the molecule is CC1CCC(NCC2CCCS2(=O)=O)c2ccccc21. The maximum atomic E-state index is 11.9. The fourth-order valence-corrected chi connectivity index (χ4v) is 5.36. The van der Waals surface area contributed by atoms with E-state index in [-0.39, 0.29) is 5.25 Å². The molecule has 1 aliphatic heterocycles. The molecule has 1 fully saturated rings. The molecule has 4 heteroatoms. The maximum absolute atomic E-state index is 11.9. The second-order valence-electron chi connectivity index (χ2n) is 6.20. The molecule has 1 aromatic carbocycles. The highest BCUT2D eigenvalue weighted by Gasteiger charge is 2.32. The Morgan fingerprint density at radius 2 is 1.90 bits per heavy atom. The standard InChI is InChI=1S/C16H23NO2S/c1-12-8-9-16(15-7-3-2-6-14(12)15)17-11-13-5-4-10-20(13,18)19/h2-3,6-7,12-13,16-17H,4-5,8-11H2,1H3. The van der Waals surface area contributed by atoms with E-state index in [1.54, 1.807) is 0 Å². The molecule has 1 aliphatic carbocycles. The lowest BCUT2D eigenvalue weighted by molar-refractivity contribution is 0.428. The molecule has 3 rings (SSSR count). The molecular formula is C16H23NO2S. The molecule has 1 N–H and O–H groups in total. The van der Waals surface area contributed by atoms with Crippen molar-refractivity contribution in [2.75, 3.05) is 12.3 Å². The first-order valence-corrected chi connectivity index (χ1v) is 9.33. The molecule has 1 saturated heterocycles. The van der Waals surface area contributed by atoms with Gasteiger partial charge in [0.1, 0.15) is 0 Å². The first kappa shape index (κ1) is 14.1. The molecule has 0 saturated carbocycles. The van der Waals surface area contributed by atoms with Gasteiger partial charge < -0.3 is 5.32 Å². The van der Waals surface area contributed by atoms with Gasteiger partial charge in [0.05, 0.1) is 11.0 Å². The van der Waals surface area contributed by atoms with Gasteiger partial charge in [0, 0.05) is 12.6 Å². The fourth-order valence-electron chi connectivity index (χ4n) is 3.58. The summed E-state index contributed by atoms with van der Waals surface area (Å²) >= 11 is 0. The second kappa shape index (κ2) is 5.49. The largest absolute Gasteiger partial charge is 0.309 e. The smallest absolute Gasteiger partial charge is 0.154 e. The number of benzene rings is 1. The van der Waals surface area contributed by atoms with Gasteiger partial charge in [0.15, 0.2) is 9.84 Å². The lowest BCUT2D eigenvalue weighted by Gasteiger charge is -2.31. The Balaban J connectivity index is 1.72. The number of rotatable bonds is 3. The van der Waals surface area contributed by atoms with Gasteiger partial charge in [-0.2, -0.15) is 0 Å². The van der Waals surface area contributed by atoms with Gasteiger partial charge in [0.2, 0.25) is 0 Å². The summed E-state index contributed by atoms with van der Waals surface area (Å²) in [6.45, 7) is 2.88. The quantitative estimate of drug-likeness (QED) is 0.932. The van der Waals surface area contributed by atoms with E-state index in [0.29, 0.717) is 24.3 Å². The molecule has 0 radical (unpaired) electrons. The first-order valence-electron chi connectivity index (χ1n) is 7.61. The van der Waals surface area contributed by atoms with Crippen LogP contribution in [0.1, 0.15) is 55.7 Å². The number of sulfone groups is 1. The average molecular weight is 293 g/mol. The third kappa shape index (κ3) is 2.63. The minimum absolute atomic E-state index is 0.172. The number of fused-ring (bicyclic) bond motifs is 1. The van der Waals surface area contributed by atoms with Crippen molar-refractivity contribution >= 4 is 9.84 Å². The van der Waals surface area contributed by atoms with Gasteiger partial charge in [-0.05, 0) is 42.7 Å². The van der Waals surface area contributed by atoms with Gasteiger partial charge in [-0.15, -0.1) is 0 Å². The highest BCUT2D eigenvalue weighted by atomic mass is 32.2. The molecule has 0 spiro atoms. The lowest BCUT2D eigenvalue weighted by Crippen LogP contribution is -2.34. The van der Waals surface area contributed by atoms with E-state index in [1.165, 1.54) is 17.5 Å². The summed E-state index contributed by atoms with van der Waals surface area (Å²) in [7, 11) is -2.84. The van der Waals surface area contributed by atoms with Crippen molar-refractivity contribution in [1.82, 2.24) is 5.32 Å². The Morgan fingerprint density at radius 3 is 2.60 bits per heavy atom. The van der Waals surface area contributed by atoms with E-state index in [1.807, 2.05) is 0 Å². The monoisotopic (exact) mass is 293 g/mol. The molecule has 0 amide bonds. The fraction of sp³-hybridized carbons (Fsp3) is 0.625. The number of hydrogen-bond acceptors (Lipinski definition) is 3. The van der Waals surface area contributed by atoms with Crippen LogP contribution in [0.3, 0.4) is 0 Å². The van der Waals surface area contributed by atoms with Crippen molar-refractivity contribution in [1.29, 1.82) is 0 Å². The van der Waals surface area contributed by atoms with Crippen LogP contribution >= 0.6 is 0 Å². The first-order chi connectivity index (χ1) is 9.58. The molecule has 110 valence electrons. The molecule has 3 atom stereocenters. The van der Waals surface area contributed by atoms with E-state index in [4.69, 9.17) is 0 Å². The summed E-state index contributed by atoms with van der Waals surface area (Å²) in [6.07, 6.45) is 3.92. The van der Waals surface area contributed by atoms with Crippen LogP contribution in [0.2, 0.25) is 0 Å². The van der Waals surface area contributed by atoms with Crippen molar-refractivity contribution in [3.8, 4) is 0 Å². The zero-order chi connectivity index (χ0) is 14.2. The van der Waals surface area contributed by atoms with E-state index < -0.39 is 9.84 Å². The highest BCUT2D eigenvalue weighted by Crippen LogP contribution is 2.37. The van der Waals surface area contributed by atoms with Crippen molar-refractivity contribution in [2.45, 2.75) is 49.8 Å². The molecule has 3 nitrogen and oxygen atoms in total. The molecule has 20 heavy (non-hydrogen) atoms. The van der Waals surface area contributed by atoms with E-state index in [9.17, 15) is 8.42 Å². The predicted octanol–water partition coefficient (Wildman–Crippen LogP) is 2.79. The maximum Gasteiger partial charge on any atom is 0.154 e. The molecule has 0 aromatic heterocycles. The summed E-state index contributed by atoms with van der Waals surface area (Å²) in [5, 5.41) is 3.34. The van der Waals surface area contributed by atoms with Crippen LogP contribution in [0.15, 0.2) is 24.3 Å². The van der Waals surface area contributed by atoms with Gasteiger partial charge >= 0.3 is 0 Å². The summed E-state index contributed by atoms with van der Waals surface area (Å²) in [4.78, 5) is 0. The van der Waals surface area contributed by atoms with Crippen molar-refractivity contribution in [3.63, 3.8) is 0 Å². The molecule has 1 heterocycles. The summed E-state index contributed by atoms with van der Waals surface area (Å²) in [5.41, 5.74) is 2.78. The zero-order valence-electron chi connectivity index (χ0n) is 12.0. The number of hydrogen-bond donors (Lipinski definition) is 1. The zero-order valence-corrected chi connectivity index (χ0v) is 12.8. The van der Waals surface area contributed by atoms with Crippen LogP contribution in [0.5, 0.6) is 0 Å². The molecule has 3 unspecified atom stereocenters. The van der Waals surface area contributed by atoms with Crippen LogP contribution in [0.25, 0.3) is 0 Å². The Hall–Kier alpha value is -0.870. The highest BCUT2D eigenvalue weighted by molar-refractivity contribution is 7.92. The third-order valence-electron chi connectivity index (χ3n) is 4.85. The summed E-state index contributed by atoms with van der Waals surface area (Å²) in [5.74, 6) is 0.983. The van der Waals surface area contributed by atoms with Crippen molar-refractivity contribution in [3.05, 3.63) is 35.4 Å². The topological polar surface area (TPSA) is 46.2 Å². The Labute approximate surface area is 121 Å². The third-order valence-corrected chi connectivity index (χ3v) is 7.12. The van der Waals surface area contributed by atoms with Gasteiger partial charge in [-0.1, -0.05) is 31.2 Å². The van der Waals surface area contributed by atoms with Gasteiger partial charge in [-0.3, -0.25) is 0 Å². The van der Waals surface area contributed by atoms with Crippen LogP contribution in [-0.4, -0.2) is 26.0 Å². The summed E-state index contributed by atoms with van der Waals surface area (Å²) < 4.78 is 23.8. The van der Waals surface area contributed by atoms with Gasteiger partial charge in [0.25, 0.3) is 0 Å². The average Bonchev–Trinajstić information content (AvgIpc) is 2.77. The molecular weight excluding hydrogens is 270 g/mol. The predicted molar refractivity (Wildman–Crippen MR) is 81.6 cm³/mol. The van der Waals surface area contributed by atoms with Gasteiger partial charge in [-0.25, -0.2) is 8.42 Å². The van der Waals surface area contributed by atoms with E-state index in [2.05, 4.69) is 36.5 Å². The minimum Gasteiger partial charge on any atom is -0.309 e. The van der Waals surface area contributed by atoms with E-state index in [0.717, 1.165) is 19.3 Å². The minimum atomic E-state index is -2.84. The Bertz CT molecular complexity index is 582. The lowest BCUT2D eigenvalue weighted by atomic mass is 9.81.